The van der Waals surface area contributed by atoms with Crippen LogP contribution < -0.4 is 15.0 Å². The highest BCUT2D eigenvalue weighted by molar-refractivity contribution is 5.93. The monoisotopic (exact) mass is 491 g/mol. The third-order valence-corrected chi connectivity index (χ3v) is 6.19. The number of carbonyl (C=O) groups excluding carboxylic acids is 2. The molecule has 1 aliphatic rings. The Morgan fingerprint density at radius 3 is 2.53 bits per heavy atom. The molecule has 3 heterocycles. The third kappa shape index (κ3) is 5.73. The van der Waals surface area contributed by atoms with E-state index in [1.54, 1.807) is 22.8 Å². The SMILES string of the molecule is COC(=O)c1c(OCCc2ccccn2)cc(=O)n2c1CCN(C(=O)Cc1ccc(OC)cc1)CC2. The van der Waals surface area contributed by atoms with Crippen LogP contribution >= 0.6 is 0 Å². The predicted octanol–water partition coefficient (Wildman–Crippen LogP) is 2.29. The summed E-state index contributed by atoms with van der Waals surface area (Å²) >= 11 is 0. The highest BCUT2D eigenvalue weighted by Crippen LogP contribution is 2.24. The summed E-state index contributed by atoms with van der Waals surface area (Å²) in [5.41, 5.74) is 2.17. The van der Waals surface area contributed by atoms with E-state index in [1.165, 1.54) is 13.2 Å². The number of hydrogen-bond donors (Lipinski definition) is 0. The lowest BCUT2D eigenvalue weighted by Crippen LogP contribution is -2.35. The van der Waals surface area contributed by atoms with E-state index in [1.807, 2.05) is 42.5 Å². The third-order valence-electron chi connectivity index (χ3n) is 6.19. The Hall–Kier alpha value is -4.14. The molecule has 36 heavy (non-hydrogen) atoms. The van der Waals surface area contributed by atoms with Crippen LogP contribution in [0.1, 0.15) is 27.3 Å². The number of fused-ring (bicyclic) bond motifs is 1. The van der Waals surface area contributed by atoms with Gasteiger partial charge in [0.05, 0.1) is 27.2 Å². The molecule has 0 fully saturated rings. The lowest BCUT2D eigenvalue weighted by Gasteiger charge is -2.20. The standard InChI is InChI=1S/C27H29N3O6/c1-34-21-8-6-19(7-9-21)17-24(31)29-13-10-22-26(27(33)35-2)23(18-25(32)30(22)15-14-29)36-16-11-20-5-3-4-12-28-20/h3-9,12,18H,10-11,13-17H2,1-2H3. The van der Waals surface area contributed by atoms with Gasteiger partial charge in [-0.2, -0.15) is 0 Å². The number of aromatic nitrogens is 2. The van der Waals surface area contributed by atoms with Gasteiger partial charge >= 0.3 is 5.97 Å². The molecule has 1 amide bonds. The number of hydrogen-bond acceptors (Lipinski definition) is 7. The topological polar surface area (TPSA) is 100.0 Å². The molecule has 4 rings (SSSR count). The Kier molecular flexibility index (Phi) is 7.99. The molecule has 3 aromatic rings. The van der Waals surface area contributed by atoms with Gasteiger partial charge in [0.25, 0.3) is 5.56 Å². The lowest BCUT2D eigenvalue weighted by atomic mass is 10.1. The Labute approximate surface area is 209 Å². The summed E-state index contributed by atoms with van der Waals surface area (Å²) < 4.78 is 17.6. The van der Waals surface area contributed by atoms with Gasteiger partial charge < -0.3 is 23.7 Å². The number of rotatable bonds is 8. The van der Waals surface area contributed by atoms with Crippen LogP contribution in [-0.4, -0.2) is 60.2 Å². The van der Waals surface area contributed by atoms with Crippen LogP contribution in [0.3, 0.4) is 0 Å². The number of esters is 1. The Balaban J connectivity index is 1.52. The first-order valence-corrected chi connectivity index (χ1v) is 11.8. The van der Waals surface area contributed by atoms with Crippen molar-refractivity contribution in [2.45, 2.75) is 25.8 Å². The van der Waals surface area contributed by atoms with Crippen LogP contribution in [0.4, 0.5) is 0 Å². The maximum atomic E-state index is 13.0. The molecule has 1 aliphatic heterocycles. The molecule has 0 saturated carbocycles. The first kappa shape index (κ1) is 25.0. The number of carbonyl (C=O) groups is 2. The average molecular weight is 492 g/mol. The molecule has 1 aromatic carbocycles. The van der Waals surface area contributed by atoms with Crippen molar-refractivity contribution in [3.05, 3.63) is 87.6 Å². The summed E-state index contributed by atoms with van der Waals surface area (Å²) in [5.74, 6) is 0.285. The highest BCUT2D eigenvalue weighted by Gasteiger charge is 2.27. The van der Waals surface area contributed by atoms with Crippen molar-refractivity contribution in [1.29, 1.82) is 0 Å². The van der Waals surface area contributed by atoms with Crippen LogP contribution in [0.25, 0.3) is 0 Å². The number of nitrogens with zero attached hydrogens (tertiary/aromatic N) is 3. The predicted molar refractivity (Wildman–Crippen MR) is 132 cm³/mol. The summed E-state index contributed by atoms with van der Waals surface area (Å²) in [6.45, 7) is 1.26. The molecule has 188 valence electrons. The molecule has 0 unspecified atom stereocenters. The largest absolute Gasteiger partial charge is 0.497 e. The molecule has 9 heteroatoms. The van der Waals surface area contributed by atoms with E-state index >= 15 is 0 Å². The molecule has 0 aliphatic carbocycles. The average Bonchev–Trinajstić information content (AvgIpc) is 3.13. The smallest absolute Gasteiger partial charge is 0.343 e. The number of amides is 1. The van der Waals surface area contributed by atoms with Gasteiger partial charge in [-0.1, -0.05) is 18.2 Å². The molecule has 0 spiro atoms. The van der Waals surface area contributed by atoms with Crippen molar-refractivity contribution in [1.82, 2.24) is 14.5 Å². The molecule has 9 nitrogen and oxygen atoms in total. The van der Waals surface area contributed by atoms with Gasteiger partial charge in [-0.25, -0.2) is 4.79 Å². The van der Waals surface area contributed by atoms with E-state index in [9.17, 15) is 14.4 Å². The van der Waals surface area contributed by atoms with Gasteiger partial charge in [0, 0.05) is 56.1 Å². The van der Waals surface area contributed by atoms with Gasteiger partial charge in [-0.05, 0) is 29.8 Å². The van der Waals surface area contributed by atoms with Crippen molar-refractivity contribution < 1.29 is 23.8 Å². The van der Waals surface area contributed by atoms with E-state index in [0.29, 0.717) is 31.6 Å². The van der Waals surface area contributed by atoms with Gasteiger partial charge in [0.15, 0.2) is 0 Å². The zero-order valence-corrected chi connectivity index (χ0v) is 20.4. The fourth-order valence-electron chi connectivity index (χ4n) is 4.28. The quantitative estimate of drug-likeness (QED) is 0.446. The summed E-state index contributed by atoms with van der Waals surface area (Å²) in [7, 11) is 2.89. The molecule has 0 N–H and O–H groups in total. The molecule has 0 bridgehead atoms. The van der Waals surface area contributed by atoms with Crippen LogP contribution in [0.5, 0.6) is 11.5 Å². The fourth-order valence-corrected chi connectivity index (χ4v) is 4.28. The minimum absolute atomic E-state index is 0.0486. The zero-order valence-electron chi connectivity index (χ0n) is 20.4. The second-order valence-electron chi connectivity index (χ2n) is 8.39. The van der Waals surface area contributed by atoms with Gasteiger partial charge in [0.1, 0.15) is 17.1 Å². The molecular formula is C27H29N3O6. The molecule has 2 aromatic heterocycles. The van der Waals surface area contributed by atoms with Gasteiger partial charge in [-0.3, -0.25) is 14.6 Å². The zero-order chi connectivity index (χ0) is 25.5. The maximum Gasteiger partial charge on any atom is 0.343 e. The first-order chi connectivity index (χ1) is 17.5. The highest BCUT2D eigenvalue weighted by atomic mass is 16.5. The van der Waals surface area contributed by atoms with Crippen molar-refractivity contribution in [3.63, 3.8) is 0 Å². The number of pyridine rings is 2. The summed E-state index contributed by atoms with van der Waals surface area (Å²) in [5, 5.41) is 0. The maximum absolute atomic E-state index is 13.0. The van der Waals surface area contributed by atoms with Gasteiger partial charge in [0.2, 0.25) is 5.91 Å². The number of methoxy groups -OCH3 is 2. The Morgan fingerprint density at radius 1 is 1.03 bits per heavy atom. The first-order valence-electron chi connectivity index (χ1n) is 11.8. The van der Waals surface area contributed by atoms with E-state index < -0.39 is 5.97 Å². The van der Waals surface area contributed by atoms with Crippen molar-refractivity contribution in [2.75, 3.05) is 33.9 Å². The second-order valence-corrected chi connectivity index (χ2v) is 8.39. The van der Waals surface area contributed by atoms with Crippen molar-refractivity contribution >= 4 is 11.9 Å². The van der Waals surface area contributed by atoms with E-state index in [0.717, 1.165) is 17.0 Å². The molecule has 0 saturated heterocycles. The summed E-state index contributed by atoms with van der Waals surface area (Å²) in [6, 6.07) is 14.3. The number of ether oxygens (including phenoxy) is 3. The van der Waals surface area contributed by atoms with E-state index in [4.69, 9.17) is 14.2 Å². The van der Waals surface area contributed by atoms with Crippen LogP contribution in [0.15, 0.2) is 59.5 Å². The van der Waals surface area contributed by atoms with E-state index in [2.05, 4.69) is 4.98 Å². The normalized spacial score (nSPS) is 12.9. The molecular weight excluding hydrogens is 462 g/mol. The molecule has 0 atom stereocenters. The Bertz CT molecular complexity index is 1270. The second kappa shape index (κ2) is 11.5. The van der Waals surface area contributed by atoms with Gasteiger partial charge in [-0.15, -0.1) is 0 Å². The summed E-state index contributed by atoms with van der Waals surface area (Å²) in [4.78, 5) is 44.7. The van der Waals surface area contributed by atoms with Crippen LogP contribution in [0.2, 0.25) is 0 Å². The summed E-state index contributed by atoms with van der Waals surface area (Å²) in [6.07, 6.45) is 2.78. The molecule has 0 radical (unpaired) electrons. The van der Waals surface area contributed by atoms with Crippen molar-refractivity contribution in [3.8, 4) is 11.5 Å². The van der Waals surface area contributed by atoms with E-state index in [-0.39, 0.29) is 42.4 Å². The minimum Gasteiger partial charge on any atom is -0.497 e. The van der Waals surface area contributed by atoms with Crippen molar-refractivity contribution in [2.24, 2.45) is 0 Å². The number of benzene rings is 1. The van der Waals surface area contributed by atoms with Crippen LogP contribution in [-0.2, 0) is 35.3 Å². The Morgan fingerprint density at radius 2 is 1.83 bits per heavy atom. The minimum atomic E-state index is -0.579. The van der Waals surface area contributed by atoms with Crippen LogP contribution in [0, 0.1) is 0 Å². The lowest BCUT2D eigenvalue weighted by molar-refractivity contribution is -0.130. The fraction of sp³-hybridized carbons (Fsp3) is 0.333.